The van der Waals surface area contributed by atoms with E-state index in [-0.39, 0.29) is 17.9 Å². The summed E-state index contributed by atoms with van der Waals surface area (Å²) in [4.78, 5) is 18.5. The van der Waals surface area contributed by atoms with Gasteiger partial charge in [0.05, 0.1) is 13.2 Å². The number of aromatic nitrogens is 1. The van der Waals surface area contributed by atoms with Crippen molar-refractivity contribution in [3.05, 3.63) is 59.5 Å². The van der Waals surface area contributed by atoms with Crippen molar-refractivity contribution >= 4 is 11.8 Å². The predicted octanol–water partition coefficient (Wildman–Crippen LogP) is 2.98. The highest BCUT2D eigenvalue weighted by Gasteiger charge is 2.26. The minimum absolute atomic E-state index is 0.198. The third-order valence-corrected chi connectivity index (χ3v) is 3.89. The van der Waals surface area contributed by atoms with Crippen LogP contribution in [0.3, 0.4) is 0 Å². The van der Waals surface area contributed by atoms with Gasteiger partial charge < -0.3 is 14.4 Å². The fraction of sp³-hybridized carbons (Fsp3) is 0.333. The number of anilines is 1. The fourth-order valence-electron chi connectivity index (χ4n) is 2.74. The first kappa shape index (κ1) is 16.4. The molecule has 0 spiro atoms. The highest BCUT2D eigenvalue weighted by Crippen LogP contribution is 2.27. The van der Waals surface area contributed by atoms with Gasteiger partial charge in [-0.15, -0.1) is 0 Å². The lowest BCUT2D eigenvalue weighted by Crippen LogP contribution is -2.39. The number of ether oxygens (including phenoxy) is 2. The number of hydrogen-bond acceptors (Lipinski definition) is 5. The number of esters is 1. The van der Waals surface area contributed by atoms with Crippen molar-refractivity contribution in [3.8, 4) is 0 Å². The first-order valence-corrected chi connectivity index (χ1v) is 7.93. The summed E-state index contributed by atoms with van der Waals surface area (Å²) in [6.07, 6.45) is 1.46. The summed E-state index contributed by atoms with van der Waals surface area (Å²) >= 11 is 0. The molecule has 1 fully saturated rings. The smallest absolute Gasteiger partial charge is 0.341 e. The normalized spacial score (nSPS) is 17.6. The number of nitrogens with zero attached hydrogens (tertiary/aromatic N) is 2. The molecule has 0 bridgehead atoms. The lowest BCUT2D eigenvalue weighted by atomic mass is 10.1. The molecule has 1 saturated heterocycles. The Labute approximate surface area is 140 Å². The molecule has 0 radical (unpaired) electrons. The second-order valence-corrected chi connectivity index (χ2v) is 5.45. The first-order chi connectivity index (χ1) is 11.7. The van der Waals surface area contributed by atoms with Crippen LogP contribution in [0.1, 0.15) is 28.9 Å². The van der Waals surface area contributed by atoms with E-state index in [2.05, 4.69) is 4.98 Å². The van der Waals surface area contributed by atoms with Gasteiger partial charge in [0.2, 0.25) is 0 Å². The number of carbonyl (C=O) groups excluding carboxylic acids is 1. The quantitative estimate of drug-likeness (QED) is 0.807. The zero-order chi connectivity index (χ0) is 16.9. The molecule has 2 aromatic rings. The zero-order valence-electron chi connectivity index (χ0n) is 13.4. The predicted molar refractivity (Wildman–Crippen MR) is 87.5 cm³/mol. The van der Waals surface area contributed by atoms with E-state index < -0.39 is 0 Å². The minimum Gasteiger partial charge on any atom is -0.462 e. The molecular weight excluding hydrogens is 311 g/mol. The maximum Gasteiger partial charge on any atom is 0.341 e. The molecule has 24 heavy (non-hydrogen) atoms. The lowest BCUT2D eigenvalue weighted by Gasteiger charge is -2.34. The van der Waals surface area contributed by atoms with E-state index >= 15 is 0 Å². The van der Waals surface area contributed by atoms with E-state index in [1.807, 2.05) is 4.90 Å². The molecular formula is C18H19FN2O3. The number of pyridine rings is 1. The molecule has 5 nitrogen and oxygen atoms in total. The second-order valence-electron chi connectivity index (χ2n) is 5.45. The molecule has 0 amide bonds. The number of carbonyl (C=O) groups is 1. The summed E-state index contributed by atoms with van der Waals surface area (Å²) < 4.78 is 24.0. The van der Waals surface area contributed by atoms with Gasteiger partial charge in [-0.05, 0) is 36.8 Å². The third kappa shape index (κ3) is 3.54. The number of rotatable bonds is 4. The van der Waals surface area contributed by atoms with Crippen LogP contribution in [0.25, 0.3) is 0 Å². The average Bonchev–Trinajstić information content (AvgIpc) is 2.63. The molecule has 2 heterocycles. The van der Waals surface area contributed by atoms with Crippen molar-refractivity contribution in [3.63, 3.8) is 0 Å². The molecule has 126 valence electrons. The SMILES string of the molecule is CCOC(=O)c1cccnc1N1CCOC(c2ccc(F)cc2)C1. The van der Waals surface area contributed by atoms with Crippen molar-refractivity contribution in [2.75, 3.05) is 31.2 Å². The Morgan fingerprint density at radius 3 is 2.92 bits per heavy atom. The minimum atomic E-state index is -0.384. The maximum absolute atomic E-state index is 13.1. The van der Waals surface area contributed by atoms with E-state index in [1.54, 1.807) is 37.4 Å². The third-order valence-electron chi connectivity index (χ3n) is 3.89. The number of benzene rings is 1. The molecule has 0 aliphatic carbocycles. The van der Waals surface area contributed by atoms with Crippen molar-refractivity contribution in [1.82, 2.24) is 4.98 Å². The summed E-state index contributed by atoms with van der Waals surface area (Å²) in [5.74, 6) is -0.0717. The Morgan fingerprint density at radius 1 is 1.38 bits per heavy atom. The van der Waals surface area contributed by atoms with Gasteiger partial charge in [0, 0.05) is 19.3 Å². The molecule has 0 N–H and O–H groups in total. The molecule has 1 atom stereocenters. The van der Waals surface area contributed by atoms with Crippen LogP contribution in [0, 0.1) is 5.82 Å². The number of morpholine rings is 1. The van der Waals surface area contributed by atoms with E-state index in [1.165, 1.54) is 12.1 Å². The van der Waals surface area contributed by atoms with E-state index in [0.717, 1.165) is 5.56 Å². The molecule has 1 aromatic carbocycles. The molecule has 1 aromatic heterocycles. The van der Waals surface area contributed by atoms with Crippen molar-refractivity contribution in [1.29, 1.82) is 0 Å². The van der Waals surface area contributed by atoms with Gasteiger partial charge in [0.1, 0.15) is 23.3 Å². The van der Waals surface area contributed by atoms with Crippen LogP contribution in [0.15, 0.2) is 42.6 Å². The van der Waals surface area contributed by atoms with Crippen LogP contribution < -0.4 is 4.90 Å². The van der Waals surface area contributed by atoms with Crippen LogP contribution >= 0.6 is 0 Å². The van der Waals surface area contributed by atoms with E-state index in [4.69, 9.17) is 9.47 Å². The van der Waals surface area contributed by atoms with Gasteiger partial charge in [-0.1, -0.05) is 12.1 Å². The number of halogens is 1. The van der Waals surface area contributed by atoms with Gasteiger partial charge in [-0.3, -0.25) is 0 Å². The maximum atomic E-state index is 13.1. The van der Waals surface area contributed by atoms with Crippen molar-refractivity contribution < 1.29 is 18.7 Å². The molecule has 0 saturated carbocycles. The standard InChI is InChI=1S/C18H19FN2O3/c1-2-23-18(22)15-4-3-9-20-17(15)21-10-11-24-16(12-21)13-5-7-14(19)8-6-13/h3-9,16H,2,10-12H2,1H3. The summed E-state index contributed by atoms with van der Waals surface area (Å²) in [5.41, 5.74) is 1.34. The first-order valence-electron chi connectivity index (χ1n) is 7.93. The number of hydrogen-bond donors (Lipinski definition) is 0. The molecule has 1 unspecified atom stereocenters. The van der Waals surface area contributed by atoms with Crippen LogP contribution in [0.4, 0.5) is 10.2 Å². The van der Waals surface area contributed by atoms with Crippen LogP contribution in [-0.4, -0.2) is 37.3 Å². The van der Waals surface area contributed by atoms with E-state index in [0.29, 0.717) is 37.7 Å². The monoisotopic (exact) mass is 330 g/mol. The molecule has 1 aliphatic rings. The topological polar surface area (TPSA) is 51.7 Å². The molecule has 3 rings (SSSR count). The van der Waals surface area contributed by atoms with Gasteiger partial charge in [0.25, 0.3) is 0 Å². The Bertz CT molecular complexity index is 706. The summed E-state index contributed by atoms with van der Waals surface area (Å²) in [5, 5.41) is 0. The van der Waals surface area contributed by atoms with Crippen LogP contribution in [0.5, 0.6) is 0 Å². The summed E-state index contributed by atoms with van der Waals surface area (Å²) in [6.45, 7) is 3.75. The zero-order valence-corrected chi connectivity index (χ0v) is 13.4. The van der Waals surface area contributed by atoms with Crippen molar-refractivity contribution in [2.45, 2.75) is 13.0 Å². The lowest BCUT2D eigenvalue weighted by molar-refractivity contribution is 0.0389. The Kier molecular flexibility index (Phi) is 5.05. The highest BCUT2D eigenvalue weighted by atomic mass is 19.1. The fourth-order valence-corrected chi connectivity index (χ4v) is 2.74. The highest BCUT2D eigenvalue weighted by molar-refractivity contribution is 5.94. The van der Waals surface area contributed by atoms with Gasteiger partial charge in [-0.2, -0.15) is 0 Å². The van der Waals surface area contributed by atoms with E-state index in [9.17, 15) is 9.18 Å². The van der Waals surface area contributed by atoms with Crippen LogP contribution in [0.2, 0.25) is 0 Å². The van der Waals surface area contributed by atoms with Gasteiger partial charge >= 0.3 is 5.97 Å². The Hall–Kier alpha value is -2.47. The summed E-state index contributed by atoms with van der Waals surface area (Å²) in [6, 6.07) is 9.70. The van der Waals surface area contributed by atoms with Gasteiger partial charge in [0.15, 0.2) is 0 Å². The average molecular weight is 330 g/mol. The molecule has 6 heteroatoms. The Morgan fingerprint density at radius 2 is 2.17 bits per heavy atom. The largest absolute Gasteiger partial charge is 0.462 e. The van der Waals surface area contributed by atoms with Crippen molar-refractivity contribution in [2.24, 2.45) is 0 Å². The molecule has 1 aliphatic heterocycles. The summed E-state index contributed by atoms with van der Waals surface area (Å²) in [7, 11) is 0. The Balaban J connectivity index is 1.82. The van der Waals surface area contributed by atoms with Crippen LogP contribution in [-0.2, 0) is 9.47 Å². The van der Waals surface area contributed by atoms with Gasteiger partial charge in [-0.25, -0.2) is 14.2 Å². The second kappa shape index (κ2) is 7.40.